The number of anilines is 1. The summed E-state index contributed by atoms with van der Waals surface area (Å²) in [6, 6.07) is 62.8. The highest BCUT2D eigenvalue weighted by Gasteiger charge is 2.52. The van der Waals surface area contributed by atoms with Crippen LogP contribution in [-0.2, 0) is 11.8 Å². The van der Waals surface area contributed by atoms with E-state index < -0.39 is 5.41 Å². The molecule has 2 N–H and O–H groups in total. The minimum absolute atomic E-state index is 0.571. The maximum absolute atomic E-state index is 6.41. The lowest BCUT2D eigenvalue weighted by atomic mass is 9.70. The summed E-state index contributed by atoms with van der Waals surface area (Å²) in [5, 5.41) is 2.46. The zero-order valence-electron chi connectivity index (χ0n) is 33.7. The van der Waals surface area contributed by atoms with Gasteiger partial charge in [-0.2, -0.15) is 0 Å². The Morgan fingerprint density at radius 2 is 1.16 bits per heavy atom. The fourth-order valence-electron chi connectivity index (χ4n) is 10.4. The molecule has 8 aromatic carbocycles. The van der Waals surface area contributed by atoms with E-state index >= 15 is 0 Å². The van der Waals surface area contributed by atoms with Crippen LogP contribution in [0.4, 0.5) is 5.69 Å². The van der Waals surface area contributed by atoms with Crippen LogP contribution in [0.5, 0.6) is 0 Å². The topological polar surface area (TPSA) is 82.5 Å². The third-order valence-corrected chi connectivity index (χ3v) is 14.1. The number of nitrogens with zero attached hydrogens (tertiary/aromatic N) is 5. The Balaban J connectivity index is 1.10. The molecule has 1 atom stereocenters. The molecule has 62 heavy (non-hydrogen) atoms. The second-order valence-electron chi connectivity index (χ2n) is 16.2. The molecule has 0 radical (unpaired) electrons. The minimum atomic E-state index is -0.571. The number of hydrogen-bond donors (Lipinski definition) is 1. The number of thiophene rings is 1. The molecule has 0 aliphatic heterocycles. The molecule has 2 aliphatic carbocycles. The fourth-order valence-corrected chi connectivity index (χ4v) is 11.5. The monoisotopic (exact) mass is 812 g/mol. The van der Waals surface area contributed by atoms with E-state index in [1.54, 1.807) is 11.3 Å². The normalized spacial score (nSPS) is 14.7. The molecule has 0 fully saturated rings. The smallest absolute Gasteiger partial charge is 0.164 e. The molecule has 1 unspecified atom stereocenters. The average molecular weight is 813 g/mol. The molecule has 0 amide bonds. The van der Waals surface area contributed by atoms with Crippen molar-refractivity contribution in [2.45, 2.75) is 18.8 Å². The van der Waals surface area contributed by atoms with Gasteiger partial charge in [0.25, 0.3) is 0 Å². The Bertz CT molecular complexity index is 3590. The van der Waals surface area contributed by atoms with Gasteiger partial charge in [-0.15, -0.1) is 11.3 Å². The third kappa shape index (κ3) is 4.85. The molecule has 13 rings (SSSR count). The quantitative estimate of drug-likeness (QED) is 0.175. The van der Waals surface area contributed by atoms with E-state index in [2.05, 4.69) is 145 Å². The van der Waals surface area contributed by atoms with Gasteiger partial charge in [0.2, 0.25) is 0 Å². The van der Waals surface area contributed by atoms with Crippen molar-refractivity contribution in [1.29, 1.82) is 0 Å². The van der Waals surface area contributed by atoms with Crippen molar-refractivity contribution in [2.75, 3.05) is 5.73 Å². The Morgan fingerprint density at radius 1 is 0.516 bits per heavy atom. The molecule has 2 aliphatic rings. The van der Waals surface area contributed by atoms with E-state index in [4.69, 9.17) is 25.7 Å². The summed E-state index contributed by atoms with van der Waals surface area (Å²) >= 11 is 1.80. The highest BCUT2D eigenvalue weighted by atomic mass is 32.1. The lowest BCUT2D eigenvalue weighted by Crippen LogP contribution is -2.25. The first-order valence-electron chi connectivity index (χ1n) is 21.1. The van der Waals surface area contributed by atoms with Crippen LogP contribution in [-0.4, -0.2) is 24.5 Å². The molecule has 3 heterocycles. The molecular formula is C55H36N6S. The number of aromatic nitrogens is 5. The van der Waals surface area contributed by atoms with Crippen molar-refractivity contribution in [2.24, 2.45) is 0 Å². The summed E-state index contributed by atoms with van der Waals surface area (Å²) in [5.74, 6) is 2.96. The lowest BCUT2D eigenvalue weighted by Gasteiger charge is -2.30. The Morgan fingerprint density at radius 3 is 1.94 bits per heavy atom. The van der Waals surface area contributed by atoms with E-state index in [0.29, 0.717) is 17.5 Å². The van der Waals surface area contributed by atoms with Gasteiger partial charge in [0, 0.05) is 54.7 Å². The van der Waals surface area contributed by atoms with Crippen molar-refractivity contribution < 1.29 is 0 Å². The zero-order valence-corrected chi connectivity index (χ0v) is 34.5. The first kappa shape index (κ1) is 35.1. The zero-order chi connectivity index (χ0) is 41.1. The molecule has 7 heteroatoms. The predicted molar refractivity (Wildman–Crippen MR) is 254 cm³/mol. The summed E-state index contributed by atoms with van der Waals surface area (Å²) in [7, 11) is 0. The van der Waals surface area contributed by atoms with Crippen molar-refractivity contribution in [3.05, 3.63) is 204 Å². The number of nitrogens with two attached hydrogens (primary N) is 1. The number of benzene rings is 8. The molecule has 11 aromatic rings. The minimum Gasteiger partial charge on any atom is -0.399 e. The number of imidazole rings is 1. The van der Waals surface area contributed by atoms with Crippen LogP contribution in [0.15, 0.2) is 176 Å². The predicted octanol–water partition coefficient (Wildman–Crippen LogP) is 13.1. The second kappa shape index (κ2) is 13.1. The van der Waals surface area contributed by atoms with E-state index in [9.17, 15) is 0 Å². The molecule has 3 aromatic heterocycles. The van der Waals surface area contributed by atoms with Crippen molar-refractivity contribution in [3.8, 4) is 62.1 Å². The van der Waals surface area contributed by atoms with Crippen LogP contribution in [0.1, 0.15) is 35.0 Å². The first-order chi connectivity index (χ1) is 30.6. The first-order valence-corrected chi connectivity index (χ1v) is 21.9. The van der Waals surface area contributed by atoms with Crippen LogP contribution < -0.4 is 5.73 Å². The van der Waals surface area contributed by atoms with Gasteiger partial charge in [-0.25, -0.2) is 19.9 Å². The molecule has 0 bridgehead atoms. The summed E-state index contributed by atoms with van der Waals surface area (Å²) in [6.07, 6.45) is 0.826. The SMILES string of the molecule is CCc1nc2ccccc2n1-c1ccc2c(c1)-c1ccccc1C21c2ccc(-c3nc(-c4ccccc4)nc(-c4ccccc4)n3)cc2-c2c1ccc1sc3cc(N)ccc3c21. The highest BCUT2D eigenvalue weighted by molar-refractivity contribution is 7.26. The number of rotatable bonds is 5. The molecule has 0 saturated heterocycles. The van der Waals surface area contributed by atoms with Crippen molar-refractivity contribution >= 4 is 48.2 Å². The number of nitrogen functional groups attached to an aromatic ring is 1. The number of aryl methyl sites for hydroxylation is 1. The maximum Gasteiger partial charge on any atom is 0.164 e. The van der Waals surface area contributed by atoms with Gasteiger partial charge in [-0.05, 0) is 93.0 Å². The standard InChI is InChI=1S/C55H36N6S/c1-2-49-57-45-19-11-12-20-46(45)61(49)36-23-26-42-39(31-36)37-17-9-10-18-41(37)55(42)43-25-21-34(29-40(43)50-44(55)27-28-47-51(50)38-24-22-35(56)30-48(38)62-47)54-59-52(32-13-5-3-6-14-32)58-53(60-54)33-15-7-4-8-16-33/h3-31H,2,56H2,1H3. The van der Waals surface area contributed by atoms with Crippen molar-refractivity contribution in [1.82, 2.24) is 24.5 Å². The van der Waals surface area contributed by atoms with Gasteiger partial charge >= 0.3 is 0 Å². The Kier molecular flexibility index (Phi) is 7.42. The van der Waals surface area contributed by atoms with Gasteiger partial charge in [-0.1, -0.05) is 134 Å². The molecular weight excluding hydrogens is 777 g/mol. The van der Waals surface area contributed by atoms with Crippen LogP contribution in [0.2, 0.25) is 0 Å². The van der Waals surface area contributed by atoms with Gasteiger partial charge in [0.05, 0.1) is 16.4 Å². The largest absolute Gasteiger partial charge is 0.399 e. The Hall–Kier alpha value is -7.74. The van der Waals surface area contributed by atoms with E-state index in [-0.39, 0.29) is 0 Å². The molecule has 1 spiro atoms. The van der Waals surface area contributed by atoms with Crippen LogP contribution in [0.25, 0.3) is 93.3 Å². The summed E-state index contributed by atoms with van der Waals surface area (Å²) in [6.45, 7) is 2.18. The maximum atomic E-state index is 6.41. The number of para-hydroxylation sites is 2. The van der Waals surface area contributed by atoms with Gasteiger partial charge < -0.3 is 5.73 Å². The van der Waals surface area contributed by atoms with Crippen LogP contribution in [0, 0.1) is 0 Å². The van der Waals surface area contributed by atoms with E-state index in [0.717, 1.165) is 51.3 Å². The summed E-state index contributed by atoms with van der Waals surface area (Å²) < 4.78 is 4.75. The number of fused-ring (bicyclic) bond motifs is 15. The van der Waals surface area contributed by atoms with Gasteiger partial charge in [0.1, 0.15) is 5.82 Å². The molecule has 6 nitrogen and oxygen atoms in total. The van der Waals surface area contributed by atoms with Crippen LogP contribution >= 0.6 is 11.3 Å². The molecule has 0 saturated carbocycles. The van der Waals surface area contributed by atoms with Gasteiger partial charge in [0.15, 0.2) is 17.5 Å². The Labute approximate surface area is 361 Å². The highest BCUT2D eigenvalue weighted by Crippen LogP contribution is 2.65. The molecule has 292 valence electrons. The lowest BCUT2D eigenvalue weighted by molar-refractivity contribution is 0.793. The third-order valence-electron chi connectivity index (χ3n) is 12.9. The fraction of sp³-hybridized carbons (Fsp3) is 0.0545. The number of hydrogen-bond acceptors (Lipinski definition) is 6. The summed E-state index contributed by atoms with van der Waals surface area (Å²) in [4.78, 5) is 20.4. The van der Waals surface area contributed by atoms with Gasteiger partial charge in [-0.3, -0.25) is 4.57 Å². The van der Waals surface area contributed by atoms with E-state index in [1.807, 2.05) is 42.5 Å². The average Bonchev–Trinajstić information content (AvgIpc) is 4.06. The second-order valence-corrected chi connectivity index (χ2v) is 17.3. The van der Waals surface area contributed by atoms with E-state index in [1.165, 1.54) is 64.7 Å². The van der Waals surface area contributed by atoms with Crippen molar-refractivity contribution in [3.63, 3.8) is 0 Å². The summed E-state index contributed by atoms with van der Waals surface area (Å²) in [5.41, 5.74) is 22.7. The van der Waals surface area contributed by atoms with Crippen LogP contribution in [0.3, 0.4) is 0 Å².